The van der Waals surface area contributed by atoms with Crippen LogP contribution in [-0.4, -0.2) is 36.7 Å². The fraction of sp³-hybridized carbons (Fsp3) is 0.846. The fourth-order valence-electron chi connectivity index (χ4n) is 3.33. The maximum atomic E-state index is 5.53. The first kappa shape index (κ1) is 11.2. The van der Waals surface area contributed by atoms with Gasteiger partial charge < -0.3 is 4.74 Å². The van der Waals surface area contributed by atoms with Gasteiger partial charge in [-0.1, -0.05) is 32.9 Å². The maximum Gasteiger partial charge on any atom is 0.0716 e. The molecule has 2 rings (SSSR count). The average Bonchev–Trinajstić information content (AvgIpc) is 2.55. The van der Waals surface area contributed by atoms with E-state index in [2.05, 4.69) is 32.3 Å². The van der Waals surface area contributed by atoms with Crippen molar-refractivity contribution in [3.8, 4) is 0 Å². The highest BCUT2D eigenvalue weighted by atomic mass is 16.5. The lowest BCUT2D eigenvalue weighted by molar-refractivity contribution is 0.0613. The van der Waals surface area contributed by atoms with E-state index in [4.69, 9.17) is 4.74 Å². The Bertz CT molecular complexity index is 279. The second kappa shape index (κ2) is 3.33. The van der Waals surface area contributed by atoms with Crippen LogP contribution >= 0.6 is 0 Å². The third kappa shape index (κ3) is 1.55. The zero-order valence-electron chi connectivity index (χ0n) is 10.5. The Morgan fingerprint density at radius 1 is 1.47 bits per heavy atom. The van der Waals surface area contributed by atoms with E-state index in [1.54, 1.807) is 0 Å². The number of ether oxygens (including phenoxy) is 1. The smallest absolute Gasteiger partial charge is 0.0716 e. The average molecular weight is 209 g/mol. The Kier molecular flexibility index (Phi) is 2.47. The molecule has 2 aliphatic rings. The molecular formula is C13H23NO. The van der Waals surface area contributed by atoms with Crippen molar-refractivity contribution < 1.29 is 4.74 Å². The molecule has 2 fully saturated rings. The molecule has 2 heterocycles. The normalized spacial score (nSPS) is 37.3. The molecule has 15 heavy (non-hydrogen) atoms. The van der Waals surface area contributed by atoms with Crippen molar-refractivity contribution in [3.05, 3.63) is 12.2 Å². The summed E-state index contributed by atoms with van der Waals surface area (Å²) >= 11 is 0. The van der Waals surface area contributed by atoms with Crippen molar-refractivity contribution in [1.29, 1.82) is 0 Å². The van der Waals surface area contributed by atoms with E-state index in [1.165, 1.54) is 5.57 Å². The number of hydrogen-bond acceptors (Lipinski definition) is 2. The monoisotopic (exact) mass is 209 g/mol. The highest BCUT2D eigenvalue weighted by Gasteiger charge is 2.55. The summed E-state index contributed by atoms with van der Waals surface area (Å²) in [6, 6.07) is 0. The van der Waals surface area contributed by atoms with Crippen LogP contribution in [0.4, 0.5) is 0 Å². The van der Waals surface area contributed by atoms with Gasteiger partial charge in [-0.2, -0.15) is 0 Å². The van der Waals surface area contributed by atoms with E-state index in [0.717, 1.165) is 25.9 Å². The van der Waals surface area contributed by atoms with Crippen molar-refractivity contribution in [2.75, 3.05) is 20.2 Å². The first-order chi connectivity index (χ1) is 6.89. The second-order valence-corrected chi connectivity index (χ2v) is 6.15. The summed E-state index contributed by atoms with van der Waals surface area (Å²) in [7, 11) is 1.83. The van der Waals surface area contributed by atoms with E-state index in [9.17, 15) is 0 Å². The number of rotatable bonds is 1. The maximum absolute atomic E-state index is 5.53. The molecule has 0 aromatic rings. The lowest BCUT2D eigenvalue weighted by Gasteiger charge is -2.43. The lowest BCUT2D eigenvalue weighted by atomic mass is 9.70. The highest BCUT2D eigenvalue weighted by Crippen LogP contribution is 2.51. The number of methoxy groups -OCH3 is 1. The molecule has 0 aliphatic carbocycles. The van der Waals surface area contributed by atoms with Gasteiger partial charge in [0.15, 0.2) is 0 Å². The summed E-state index contributed by atoms with van der Waals surface area (Å²) in [5.74, 6) is 0. The van der Waals surface area contributed by atoms with Crippen molar-refractivity contribution >= 4 is 0 Å². The van der Waals surface area contributed by atoms with Crippen LogP contribution in [0.2, 0.25) is 0 Å². The van der Waals surface area contributed by atoms with Gasteiger partial charge in [0.1, 0.15) is 0 Å². The van der Waals surface area contributed by atoms with Crippen molar-refractivity contribution in [2.45, 2.75) is 45.3 Å². The zero-order valence-corrected chi connectivity index (χ0v) is 10.5. The van der Waals surface area contributed by atoms with Crippen molar-refractivity contribution in [3.63, 3.8) is 0 Å². The summed E-state index contributed by atoms with van der Waals surface area (Å²) in [6.45, 7) is 13.3. The highest BCUT2D eigenvalue weighted by molar-refractivity contribution is 5.22. The SMILES string of the molecule is C=C1CN2C[C@H](OC)CC2(C(C)(C)C)C1. The zero-order chi connectivity index (χ0) is 11.3. The van der Waals surface area contributed by atoms with Crippen LogP contribution < -0.4 is 0 Å². The van der Waals surface area contributed by atoms with Crippen LogP contribution in [0.5, 0.6) is 0 Å². The summed E-state index contributed by atoms with van der Waals surface area (Å²) in [4.78, 5) is 2.59. The fourth-order valence-corrected chi connectivity index (χ4v) is 3.33. The molecule has 0 radical (unpaired) electrons. The van der Waals surface area contributed by atoms with E-state index in [1.807, 2.05) is 7.11 Å². The van der Waals surface area contributed by atoms with Crippen LogP contribution in [0.1, 0.15) is 33.6 Å². The molecule has 2 aliphatic heterocycles. The molecule has 0 amide bonds. The van der Waals surface area contributed by atoms with Crippen LogP contribution in [0.3, 0.4) is 0 Å². The molecule has 0 N–H and O–H groups in total. The standard InChI is InChI=1S/C13H23NO/c1-10-6-13(12(2,3)4)7-11(15-5)9-14(13)8-10/h11H,1,6-9H2,2-5H3/t11-,13?/m1/s1. The molecule has 0 spiro atoms. The topological polar surface area (TPSA) is 12.5 Å². The minimum atomic E-state index is 0.296. The molecular weight excluding hydrogens is 186 g/mol. The van der Waals surface area contributed by atoms with Gasteiger partial charge in [0, 0.05) is 25.7 Å². The van der Waals surface area contributed by atoms with Gasteiger partial charge >= 0.3 is 0 Å². The van der Waals surface area contributed by atoms with Gasteiger partial charge in [0.2, 0.25) is 0 Å². The molecule has 0 aromatic carbocycles. The Morgan fingerprint density at radius 3 is 2.60 bits per heavy atom. The number of nitrogens with zero attached hydrogens (tertiary/aromatic N) is 1. The first-order valence-corrected chi connectivity index (χ1v) is 5.83. The number of hydrogen-bond donors (Lipinski definition) is 0. The molecule has 0 aromatic heterocycles. The Balaban J connectivity index is 2.29. The Hall–Kier alpha value is -0.340. The molecule has 2 atom stereocenters. The quantitative estimate of drug-likeness (QED) is 0.615. The van der Waals surface area contributed by atoms with Crippen LogP contribution in [-0.2, 0) is 4.74 Å². The third-order valence-electron chi connectivity index (χ3n) is 4.28. The van der Waals surface area contributed by atoms with E-state index in [0.29, 0.717) is 17.1 Å². The van der Waals surface area contributed by atoms with E-state index in [-0.39, 0.29) is 0 Å². The summed E-state index contributed by atoms with van der Waals surface area (Å²) in [6.07, 6.45) is 2.72. The Morgan fingerprint density at radius 2 is 2.13 bits per heavy atom. The predicted molar refractivity (Wildman–Crippen MR) is 62.9 cm³/mol. The van der Waals surface area contributed by atoms with Crippen molar-refractivity contribution in [1.82, 2.24) is 4.90 Å². The first-order valence-electron chi connectivity index (χ1n) is 5.83. The second-order valence-electron chi connectivity index (χ2n) is 6.15. The minimum absolute atomic E-state index is 0.296. The molecule has 2 saturated heterocycles. The van der Waals surface area contributed by atoms with Gasteiger partial charge in [-0.05, 0) is 18.3 Å². The van der Waals surface area contributed by atoms with Gasteiger partial charge in [-0.25, -0.2) is 0 Å². The van der Waals surface area contributed by atoms with Gasteiger partial charge in [0.05, 0.1) is 6.10 Å². The number of fused-ring (bicyclic) bond motifs is 1. The largest absolute Gasteiger partial charge is 0.380 e. The van der Waals surface area contributed by atoms with Crippen LogP contribution in [0, 0.1) is 5.41 Å². The van der Waals surface area contributed by atoms with E-state index < -0.39 is 0 Å². The lowest BCUT2D eigenvalue weighted by Crippen LogP contribution is -2.48. The van der Waals surface area contributed by atoms with Crippen LogP contribution in [0.15, 0.2) is 12.2 Å². The Labute approximate surface area is 93.3 Å². The predicted octanol–water partition coefficient (Wildman–Crippen LogP) is 2.45. The van der Waals surface area contributed by atoms with Gasteiger partial charge in [0.25, 0.3) is 0 Å². The van der Waals surface area contributed by atoms with Gasteiger partial charge in [-0.3, -0.25) is 4.90 Å². The minimum Gasteiger partial charge on any atom is -0.380 e. The third-order valence-corrected chi connectivity index (χ3v) is 4.28. The molecule has 1 unspecified atom stereocenters. The molecule has 2 nitrogen and oxygen atoms in total. The molecule has 86 valence electrons. The molecule has 2 heteroatoms. The van der Waals surface area contributed by atoms with Crippen LogP contribution in [0.25, 0.3) is 0 Å². The molecule has 0 bridgehead atoms. The summed E-state index contributed by atoms with van der Waals surface area (Å²) < 4.78 is 5.53. The van der Waals surface area contributed by atoms with Crippen molar-refractivity contribution in [2.24, 2.45) is 5.41 Å². The molecule has 0 saturated carbocycles. The summed E-state index contributed by atoms with van der Waals surface area (Å²) in [5.41, 5.74) is 1.99. The van der Waals surface area contributed by atoms with E-state index >= 15 is 0 Å². The van der Waals surface area contributed by atoms with Gasteiger partial charge in [-0.15, -0.1) is 0 Å². The summed E-state index contributed by atoms with van der Waals surface area (Å²) in [5, 5.41) is 0.